The molecule has 0 heterocycles. The van der Waals surface area contributed by atoms with Crippen molar-refractivity contribution in [1.29, 1.82) is 0 Å². The van der Waals surface area contributed by atoms with Gasteiger partial charge in [0.25, 0.3) is 0 Å². The number of aromatic carboxylic acids is 1. The molecule has 1 aromatic carbocycles. The third-order valence-corrected chi connectivity index (χ3v) is 3.72. The van der Waals surface area contributed by atoms with Crippen molar-refractivity contribution in [3.8, 4) is 0 Å². The monoisotopic (exact) mass is 283 g/mol. The second-order valence-corrected chi connectivity index (χ2v) is 5.95. The first-order valence-electron chi connectivity index (χ1n) is 5.83. The molecule has 19 heavy (non-hydrogen) atoms. The van der Waals surface area contributed by atoms with Gasteiger partial charge in [-0.15, -0.1) is 0 Å². The number of carboxylic acids is 1. The van der Waals surface area contributed by atoms with Crippen molar-refractivity contribution >= 4 is 22.7 Å². The zero-order chi connectivity index (χ0) is 14.6. The molecule has 0 aliphatic carbocycles. The van der Waals surface area contributed by atoms with Gasteiger partial charge in [-0.05, 0) is 38.5 Å². The maximum Gasteiger partial charge on any atom is 0.335 e. The van der Waals surface area contributed by atoms with Crippen LogP contribution in [0.2, 0.25) is 0 Å². The number of aryl methyl sites for hydroxylation is 1. The molecule has 0 saturated heterocycles. The van der Waals surface area contributed by atoms with E-state index in [-0.39, 0.29) is 23.3 Å². The minimum Gasteiger partial charge on any atom is -0.478 e. The minimum absolute atomic E-state index is 0.0166. The Kier molecular flexibility index (Phi) is 5.23. The second-order valence-electron chi connectivity index (χ2n) is 4.49. The largest absolute Gasteiger partial charge is 0.478 e. The molecule has 0 aromatic heterocycles. The lowest BCUT2D eigenvalue weighted by atomic mass is 10.1. The smallest absolute Gasteiger partial charge is 0.335 e. The van der Waals surface area contributed by atoms with Crippen LogP contribution in [0.3, 0.4) is 0 Å². The summed E-state index contributed by atoms with van der Waals surface area (Å²) >= 11 is 0. The summed E-state index contributed by atoms with van der Waals surface area (Å²) in [5.74, 6) is -1.55. The SMILES string of the molecule is Cc1ccc(S(=O)CC(=O)NC(C)C)cc1C(=O)O. The van der Waals surface area contributed by atoms with Crippen molar-refractivity contribution in [2.75, 3.05) is 5.75 Å². The summed E-state index contributed by atoms with van der Waals surface area (Å²) in [6.07, 6.45) is 0. The van der Waals surface area contributed by atoms with E-state index in [1.807, 2.05) is 13.8 Å². The molecular formula is C13H17NO4S. The van der Waals surface area contributed by atoms with Crippen LogP contribution in [0.1, 0.15) is 29.8 Å². The van der Waals surface area contributed by atoms with Crippen LogP contribution in [0.4, 0.5) is 0 Å². The van der Waals surface area contributed by atoms with Crippen LogP contribution in [0, 0.1) is 6.92 Å². The first-order chi connectivity index (χ1) is 8.81. The number of carbonyl (C=O) groups excluding carboxylic acids is 1. The average molecular weight is 283 g/mol. The molecule has 6 heteroatoms. The van der Waals surface area contributed by atoms with Gasteiger partial charge < -0.3 is 10.4 Å². The summed E-state index contributed by atoms with van der Waals surface area (Å²) in [7, 11) is -1.54. The van der Waals surface area contributed by atoms with Crippen LogP contribution in [-0.4, -0.2) is 33.0 Å². The maximum absolute atomic E-state index is 12.0. The van der Waals surface area contributed by atoms with Gasteiger partial charge in [-0.1, -0.05) is 6.07 Å². The van der Waals surface area contributed by atoms with E-state index in [2.05, 4.69) is 5.32 Å². The molecule has 1 atom stereocenters. The number of rotatable bonds is 5. The van der Waals surface area contributed by atoms with Crippen molar-refractivity contribution < 1.29 is 18.9 Å². The van der Waals surface area contributed by atoms with Crippen molar-refractivity contribution in [1.82, 2.24) is 5.32 Å². The predicted molar refractivity (Wildman–Crippen MR) is 72.7 cm³/mol. The van der Waals surface area contributed by atoms with E-state index < -0.39 is 16.8 Å². The van der Waals surface area contributed by atoms with Crippen LogP contribution in [0.15, 0.2) is 23.1 Å². The van der Waals surface area contributed by atoms with Gasteiger partial charge in [-0.2, -0.15) is 0 Å². The molecule has 1 amide bonds. The van der Waals surface area contributed by atoms with Crippen LogP contribution >= 0.6 is 0 Å². The van der Waals surface area contributed by atoms with E-state index in [1.54, 1.807) is 19.1 Å². The van der Waals surface area contributed by atoms with Gasteiger partial charge in [0, 0.05) is 10.9 Å². The van der Waals surface area contributed by atoms with Gasteiger partial charge >= 0.3 is 5.97 Å². The topological polar surface area (TPSA) is 83.5 Å². The van der Waals surface area contributed by atoms with Crippen molar-refractivity contribution in [3.63, 3.8) is 0 Å². The first-order valence-corrected chi connectivity index (χ1v) is 7.15. The highest BCUT2D eigenvalue weighted by Crippen LogP contribution is 2.14. The summed E-state index contributed by atoms with van der Waals surface area (Å²) in [6, 6.07) is 4.52. The number of amides is 1. The highest BCUT2D eigenvalue weighted by atomic mass is 32.2. The molecule has 0 radical (unpaired) electrons. The summed E-state index contributed by atoms with van der Waals surface area (Å²) in [5, 5.41) is 11.6. The highest BCUT2D eigenvalue weighted by Gasteiger charge is 2.14. The predicted octanol–water partition coefficient (Wildman–Crippen LogP) is 1.33. The van der Waals surface area contributed by atoms with E-state index in [0.717, 1.165) is 0 Å². The summed E-state index contributed by atoms with van der Waals surface area (Å²) in [4.78, 5) is 22.8. The zero-order valence-corrected chi connectivity index (χ0v) is 11.9. The Bertz CT molecular complexity index is 525. The molecule has 1 aromatic rings. The van der Waals surface area contributed by atoms with Crippen molar-refractivity contribution in [2.24, 2.45) is 0 Å². The lowest BCUT2D eigenvalue weighted by Crippen LogP contribution is -2.33. The Hall–Kier alpha value is -1.69. The summed E-state index contributed by atoms with van der Waals surface area (Å²) in [6.45, 7) is 5.30. The number of benzene rings is 1. The first kappa shape index (κ1) is 15.4. The van der Waals surface area contributed by atoms with E-state index in [4.69, 9.17) is 5.11 Å². The fraction of sp³-hybridized carbons (Fsp3) is 0.385. The molecule has 0 aliphatic rings. The Balaban J connectivity index is 2.86. The van der Waals surface area contributed by atoms with E-state index in [0.29, 0.717) is 10.5 Å². The molecule has 2 N–H and O–H groups in total. The Labute approximate surface area is 114 Å². The fourth-order valence-corrected chi connectivity index (χ4v) is 2.50. The third-order valence-electron chi connectivity index (χ3n) is 2.41. The van der Waals surface area contributed by atoms with Gasteiger partial charge in [-0.3, -0.25) is 9.00 Å². The van der Waals surface area contributed by atoms with Gasteiger partial charge in [0.15, 0.2) is 0 Å². The quantitative estimate of drug-likeness (QED) is 0.854. The van der Waals surface area contributed by atoms with Crippen LogP contribution < -0.4 is 5.32 Å². The molecule has 0 aliphatic heterocycles. The number of nitrogens with one attached hydrogen (secondary N) is 1. The van der Waals surface area contributed by atoms with E-state index in [9.17, 15) is 13.8 Å². The lowest BCUT2D eigenvalue weighted by Gasteiger charge is -2.09. The number of hydrogen-bond donors (Lipinski definition) is 2. The molecular weight excluding hydrogens is 266 g/mol. The van der Waals surface area contributed by atoms with Gasteiger partial charge in [-0.25, -0.2) is 4.79 Å². The second kappa shape index (κ2) is 6.47. The molecule has 1 rings (SSSR count). The Morgan fingerprint density at radius 3 is 2.53 bits per heavy atom. The molecule has 104 valence electrons. The molecule has 1 unspecified atom stereocenters. The minimum atomic E-state index is -1.54. The van der Waals surface area contributed by atoms with Crippen LogP contribution in [-0.2, 0) is 15.6 Å². The Morgan fingerprint density at radius 1 is 1.37 bits per heavy atom. The maximum atomic E-state index is 12.0. The summed E-state index contributed by atoms with van der Waals surface area (Å²) in [5.41, 5.74) is 0.704. The van der Waals surface area contributed by atoms with Crippen LogP contribution in [0.25, 0.3) is 0 Å². The number of carbonyl (C=O) groups is 2. The van der Waals surface area contributed by atoms with Crippen molar-refractivity contribution in [3.05, 3.63) is 29.3 Å². The average Bonchev–Trinajstić information content (AvgIpc) is 2.27. The molecule has 5 nitrogen and oxygen atoms in total. The third kappa shape index (κ3) is 4.48. The standard InChI is InChI=1S/C13H17NO4S/c1-8(2)14-12(15)7-19(18)10-5-4-9(3)11(6-10)13(16)17/h4-6,8H,7H2,1-3H3,(H,14,15)(H,16,17). The molecule has 0 spiro atoms. The molecule has 0 fully saturated rings. The van der Waals surface area contributed by atoms with Crippen molar-refractivity contribution in [2.45, 2.75) is 31.7 Å². The Morgan fingerprint density at radius 2 is 2.00 bits per heavy atom. The lowest BCUT2D eigenvalue weighted by molar-refractivity contribution is -0.119. The molecule has 0 saturated carbocycles. The van der Waals surface area contributed by atoms with E-state index in [1.165, 1.54) is 6.07 Å². The number of carboxylic acid groups (broad SMARTS) is 1. The zero-order valence-electron chi connectivity index (χ0n) is 11.1. The number of hydrogen-bond acceptors (Lipinski definition) is 3. The highest BCUT2D eigenvalue weighted by molar-refractivity contribution is 7.85. The van der Waals surface area contributed by atoms with Gasteiger partial charge in [0.2, 0.25) is 5.91 Å². The normalized spacial score (nSPS) is 12.2. The van der Waals surface area contributed by atoms with Crippen LogP contribution in [0.5, 0.6) is 0 Å². The molecule has 0 bridgehead atoms. The fourth-order valence-electron chi connectivity index (χ4n) is 1.54. The van der Waals surface area contributed by atoms with Gasteiger partial charge in [0.05, 0.1) is 16.4 Å². The van der Waals surface area contributed by atoms with Gasteiger partial charge in [0.1, 0.15) is 5.75 Å². The van der Waals surface area contributed by atoms with E-state index >= 15 is 0 Å². The summed E-state index contributed by atoms with van der Waals surface area (Å²) < 4.78 is 12.0.